The minimum atomic E-state index is -0.472. The molecule has 0 radical (unpaired) electrons. The van der Waals surface area contributed by atoms with Crippen molar-refractivity contribution < 1.29 is 19.0 Å². The maximum absolute atomic E-state index is 10.8. The number of hydrogen-bond acceptors (Lipinski definition) is 4. The maximum Gasteiger partial charge on any atom is 0.384 e. The fourth-order valence-corrected chi connectivity index (χ4v) is 1.07. The van der Waals surface area contributed by atoms with Gasteiger partial charge in [-0.05, 0) is 6.92 Å². The Balaban J connectivity index is 2.09. The van der Waals surface area contributed by atoms with Gasteiger partial charge < -0.3 is 14.2 Å². The zero-order valence-corrected chi connectivity index (χ0v) is 8.25. The van der Waals surface area contributed by atoms with Crippen molar-refractivity contribution in [2.75, 3.05) is 19.8 Å². The maximum atomic E-state index is 10.8. The van der Waals surface area contributed by atoms with Crippen molar-refractivity contribution in [1.82, 2.24) is 0 Å². The molecule has 0 aromatic heterocycles. The third-order valence-electron chi connectivity index (χ3n) is 1.66. The molecule has 0 amide bonds. The van der Waals surface area contributed by atoms with E-state index in [1.165, 1.54) is 0 Å². The van der Waals surface area contributed by atoms with Crippen LogP contribution in [0.15, 0.2) is 0 Å². The lowest BCUT2D eigenvalue weighted by atomic mass is 10.3. The van der Waals surface area contributed by atoms with Gasteiger partial charge >= 0.3 is 5.97 Å². The molecule has 0 N–H and O–H groups in total. The van der Waals surface area contributed by atoms with Crippen LogP contribution in [0.5, 0.6) is 0 Å². The molecule has 1 heterocycles. The number of hydrogen-bond donors (Lipinski definition) is 0. The van der Waals surface area contributed by atoms with Gasteiger partial charge in [0.15, 0.2) is 6.29 Å². The molecule has 1 saturated heterocycles. The second-order valence-corrected chi connectivity index (χ2v) is 2.73. The first-order valence-corrected chi connectivity index (χ1v) is 4.71. The van der Waals surface area contributed by atoms with Crippen molar-refractivity contribution in [2.24, 2.45) is 0 Å². The van der Waals surface area contributed by atoms with Gasteiger partial charge in [-0.2, -0.15) is 0 Å². The predicted octanol–water partition coefficient (Wildman–Crippen LogP) is 0.706. The van der Waals surface area contributed by atoms with Crippen LogP contribution in [0.3, 0.4) is 0 Å². The van der Waals surface area contributed by atoms with Crippen LogP contribution in [0.4, 0.5) is 0 Å². The first-order chi connectivity index (χ1) is 6.83. The van der Waals surface area contributed by atoms with Gasteiger partial charge in [0.05, 0.1) is 19.8 Å². The van der Waals surface area contributed by atoms with Gasteiger partial charge in [-0.1, -0.05) is 5.92 Å². The Hall–Kier alpha value is -1.05. The van der Waals surface area contributed by atoms with Gasteiger partial charge in [0.25, 0.3) is 0 Å². The second kappa shape index (κ2) is 6.41. The highest BCUT2D eigenvalue weighted by molar-refractivity contribution is 5.88. The molecular formula is C10H14O4. The molecule has 78 valence electrons. The summed E-state index contributed by atoms with van der Waals surface area (Å²) in [7, 11) is 0. The number of rotatable bonds is 3. The fraction of sp³-hybridized carbons (Fsp3) is 0.700. The molecular weight excluding hydrogens is 184 g/mol. The van der Waals surface area contributed by atoms with Gasteiger partial charge in [-0.25, -0.2) is 4.79 Å². The van der Waals surface area contributed by atoms with E-state index in [-0.39, 0.29) is 6.29 Å². The Morgan fingerprint density at radius 1 is 1.50 bits per heavy atom. The van der Waals surface area contributed by atoms with Crippen molar-refractivity contribution in [2.45, 2.75) is 26.1 Å². The summed E-state index contributed by atoms with van der Waals surface area (Å²) in [4.78, 5) is 10.8. The first-order valence-electron chi connectivity index (χ1n) is 4.71. The first kappa shape index (κ1) is 11.0. The molecule has 1 aliphatic rings. The van der Waals surface area contributed by atoms with E-state index in [1.54, 1.807) is 6.92 Å². The van der Waals surface area contributed by atoms with Gasteiger partial charge in [-0.3, -0.25) is 0 Å². The van der Waals surface area contributed by atoms with Crippen LogP contribution in [0.25, 0.3) is 0 Å². The lowest BCUT2D eigenvalue weighted by Gasteiger charge is -2.04. The van der Waals surface area contributed by atoms with E-state index in [9.17, 15) is 4.79 Å². The van der Waals surface area contributed by atoms with Gasteiger partial charge in [-0.15, -0.1) is 0 Å². The number of carbonyl (C=O) groups is 1. The van der Waals surface area contributed by atoms with E-state index in [4.69, 9.17) is 9.47 Å². The number of esters is 1. The van der Waals surface area contributed by atoms with E-state index in [0.29, 0.717) is 32.7 Å². The lowest BCUT2D eigenvalue weighted by Crippen LogP contribution is -2.06. The molecule has 0 unspecified atom stereocenters. The molecule has 4 heteroatoms. The molecule has 0 aromatic rings. The quantitative estimate of drug-likeness (QED) is 0.380. The fourth-order valence-electron chi connectivity index (χ4n) is 1.07. The highest BCUT2D eigenvalue weighted by atomic mass is 16.7. The summed E-state index contributed by atoms with van der Waals surface area (Å²) in [6, 6.07) is 0. The van der Waals surface area contributed by atoms with Crippen molar-refractivity contribution in [3.63, 3.8) is 0 Å². The Bertz CT molecular complexity index is 232. The van der Waals surface area contributed by atoms with E-state index in [2.05, 4.69) is 16.6 Å². The van der Waals surface area contributed by atoms with Crippen LogP contribution >= 0.6 is 0 Å². The smallest absolute Gasteiger partial charge is 0.384 e. The average molecular weight is 198 g/mol. The summed E-state index contributed by atoms with van der Waals surface area (Å²) in [6.45, 7) is 3.41. The minimum Gasteiger partial charge on any atom is -0.456 e. The third-order valence-corrected chi connectivity index (χ3v) is 1.66. The molecule has 1 rings (SSSR count). The van der Waals surface area contributed by atoms with Crippen molar-refractivity contribution in [1.29, 1.82) is 0 Å². The monoisotopic (exact) mass is 198 g/mol. The van der Waals surface area contributed by atoms with Crippen LogP contribution in [0.1, 0.15) is 19.8 Å². The summed E-state index contributed by atoms with van der Waals surface area (Å²) >= 11 is 0. The van der Waals surface area contributed by atoms with Crippen LogP contribution in [0, 0.1) is 11.8 Å². The zero-order valence-electron chi connectivity index (χ0n) is 8.25. The normalized spacial score (nSPS) is 16.1. The Morgan fingerprint density at radius 2 is 2.21 bits per heavy atom. The Kier molecular flexibility index (Phi) is 5.05. The third kappa shape index (κ3) is 4.26. The minimum absolute atomic E-state index is 0.147. The van der Waals surface area contributed by atoms with Gasteiger partial charge in [0, 0.05) is 18.8 Å². The number of ether oxygens (including phenoxy) is 3. The van der Waals surface area contributed by atoms with Gasteiger partial charge in [0.2, 0.25) is 0 Å². The molecule has 1 aliphatic heterocycles. The zero-order chi connectivity index (χ0) is 10.2. The molecule has 0 atom stereocenters. The summed E-state index contributed by atoms with van der Waals surface area (Å²) in [5.74, 6) is 4.63. The molecule has 0 saturated carbocycles. The van der Waals surface area contributed by atoms with Crippen molar-refractivity contribution in [3.05, 3.63) is 0 Å². The summed E-state index contributed by atoms with van der Waals surface area (Å²) in [5, 5.41) is 0. The van der Waals surface area contributed by atoms with Crippen molar-refractivity contribution in [3.8, 4) is 11.8 Å². The van der Waals surface area contributed by atoms with E-state index < -0.39 is 5.97 Å². The number of carbonyl (C=O) groups excluding carboxylic acids is 1. The SMILES string of the molecule is CCOC(=O)C#CCCC1OCCO1. The summed E-state index contributed by atoms with van der Waals surface area (Å²) in [6.07, 6.45) is 1.14. The van der Waals surface area contributed by atoms with Crippen molar-refractivity contribution >= 4 is 5.97 Å². The molecule has 0 spiro atoms. The molecule has 4 nitrogen and oxygen atoms in total. The average Bonchev–Trinajstić information content (AvgIpc) is 2.65. The van der Waals surface area contributed by atoms with Crippen LogP contribution in [0.2, 0.25) is 0 Å². The molecule has 0 aliphatic carbocycles. The van der Waals surface area contributed by atoms with Crippen LogP contribution in [-0.4, -0.2) is 32.1 Å². The highest BCUT2D eigenvalue weighted by Crippen LogP contribution is 2.08. The topological polar surface area (TPSA) is 44.8 Å². The Morgan fingerprint density at radius 3 is 2.86 bits per heavy atom. The largest absolute Gasteiger partial charge is 0.456 e. The highest BCUT2D eigenvalue weighted by Gasteiger charge is 2.14. The van der Waals surface area contributed by atoms with Crippen LogP contribution < -0.4 is 0 Å². The molecule has 0 aromatic carbocycles. The lowest BCUT2D eigenvalue weighted by molar-refractivity contribution is -0.136. The standard InChI is InChI=1S/C10H14O4/c1-2-12-9(11)5-3-4-6-10-13-7-8-14-10/h10H,2,4,6-8H2,1H3. The summed E-state index contributed by atoms with van der Waals surface area (Å²) < 4.78 is 15.0. The Labute approximate surface area is 83.5 Å². The predicted molar refractivity (Wildman–Crippen MR) is 49.3 cm³/mol. The van der Waals surface area contributed by atoms with E-state index in [1.807, 2.05) is 0 Å². The second-order valence-electron chi connectivity index (χ2n) is 2.73. The molecule has 0 bridgehead atoms. The molecule has 14 heavy (non-hydrogen) atoms. The van der Waals surface area contributed by atoms with E-state index in [0.717, 1.165) is 0 Å². The van der Waals surface area contributed by atoms with Crippen LogP contribution in [-0.2, 0) is 19.0 Å². The summed E-state index contributed by atoms with van der Waals surface area (Å²) in [5.41, 5.74) is 0. The molecule has 1 fully saturated rings. The van der Waals surface area contributed by atoms with Gasteiger partial charge in [0.1, 0.15) is 0 Å². The van der Waals surface area contributed by atoms with E-state index >= 15 is 0 Å².